The first-order valence-electron chi connectivity index (χ1n) is 9.45. The lowest BCUT2D eigenvalue weighted by Gasteiger charge is -2.44. The van der Waals surface area contributed by atoms with E-state index in [2.05, 4.69) is 24.1 Å². The molecule has 0 spiro atoms. The summed E-state index contributed by atoms with van der Waals surface area (Å²) in [6, 6.07) is 14.2. The average molecular weight is 387 g/mol. The zero-order valence-electron chi connectivity index (χ0n) is 15.8. The van der Waals surface area contributed by atoms with Gasteiger partial charge in [0.05, 0.1) is 9.79 Å². The van der Waals surface area contributed by atoms with Gasteiger partial charge in [-0.25, -0.2) is 8.42 Å². The molecular weight excluding hydrogens is 360 g/mol. The number of hydrogen-bond donors (Lipinski definition) is 1. The van der Waals surface area contributed by atoms with Crippen molar-refractivity contribution in [3.63, 3.8) is 0 Å². The molecule has 2 heterocycles. The third-order valence-electron chi connectivity index (χ3n) is 5.37. The molecule has 0 bridgehead atoms. The summed E-state index contributed by atoms with van der Waals surface area (Å²) >= 11 is 0. The highest BCUT2D eigenvalue weighted by Gasteiger charge is 2.37. The third-order valence-corrected chi connectivity index (χ3v) is 7.14. The SMILES string of the molecule is CC1(C)CC(N2CCNCC2)c2ccc(S(=O)(=O)c3ccccc3)cc2O1. The normalized spacial score (nSPS) is 22.7. The van der Waals surface area contributed by atoms with Gasteiger partial charge in [0.1, 0.15) is 11.4 Å². The van der Waals surface area contributed by atoms with Crippen LogP contribution in [0.2, 0.25) is 0 Å². The van der Waals surface area contributed by atoms with Crippen LogP contribution >= 0.6 is 0 Å². The minimum Gasteiger partial charge on any atom is -0.487 e. The highest BCUT2D eigenvalue weighted by Crippen LogP contribution is 2.43. The number of nitrogens with one attached hydrogen (secondary N) is 1. The van der Waals surface area contributed by atoms with E-state index in [1.54, 1.807) is 36.4 Å². The molecule has 1 atom stereocenters. The predicted molar refractivity (Wildman–Crippen MR) is 105 cm³/mol. The van der Waals surface area contributed by atoms with Crippen LogP contribution in [0.3, 0.4) is 0 Å². The third kappa shape index (κ3) is 3.61. The molecule has 0 aliphatic carbocycles. The Bertz CT molecular complexity index is 920. The topological polar surface area (TPSA) is 58.6 Å². The van der Waals surface area contributed by atoms with Gasteiger partial charge in [-0.15, -0.1) is 0 Å². The second kappa shape index (κ2) is 6.93. The van der Waals surface area contributed by atoms with Crippen molar-refractivity contribution >= 4 is 9.84 Å². The van der Waals surface area contributed by atoms with Gasteiger partial charge in [-0.2, -0.15) is 0 Å². The van der Waals surface area contributed by atoms with Crippen LogP contribution in [0.5, 0.6) is 5.75 Å². The van der Waals surface area contributed by atoms with Crippen LogP contribution in [-0.4, -0.2) is 45.1 Å². The van der Waals surface area contributed by atoms with E-state index in [1.165, 1.54) is 0 Å². The fourth-order valence-electron chi connectivity index (χ4n) is 4.02. The number of rotatable bonds is 3. The molecule has 27 heavy (non-hydrogen) atoms. The van der Waals surface area contributed by atoms with Crippen LogP contribution in [0.25, 0.3) is 0 Å². The van der Waals surface area contributed by atoms with E-state index in [1.807, 2.05) is 12.1 Å². The van der Waals surface area contributed by atoms with Gasteiger partial charge in [0, 0.05) is 44.2 Å². The molecule has 6 heteroatoms. The standard InChI is InChI=1S/C21H26N2O3S/c1-21(2)15-19(23-12-10-22-11-13-23)18-9-8-17(14-20(18)26-21)27(24,25)16-6-4-3-5-7-16/h3-9,14,19,22H,10-13,15H2,1-2H3. The van der Waals surface area contributed by atoms with E-state index < -0.39 is 9.84 Å². The number of hydrogen-bond acceptors (Lipinski definition) is 5. The first-order chi connectivity index (χ1) is 12.9. The first-order valence-corrected chi connectivity index (χ1v) is 10.9. The van der Waals surface area contributed by atoms with E-state index in [0.717, 1.165) is 38.2 Å². The summed E-state index contributed by atoms with van der Waals surface area (Å²) in [5.41, 5.74) is 0.751. The summed E-state index contributed by atoms with van der Waals surface area (Å²) in [6.07, 6.45) is 0.894. The molecule has 4 rings (SSSR count). The van der Waals surface area contributed by atoms with Crippen molar-refractivity contribution in [2.45, 2.75) is 41.7 Å². The minimum absolute atomic E-state index is 0.249. The van der Waals surface area contributed by atoms with Crippen LogP contribution < -0.4 is 10.1 Å². The molecule has 0 radical (unpaired) electrons. The molecular formula is C21H26N2O3S. The van der Waals surface area contributed by atoms with Crippen LogP contribution in [0.1, 0.15) is 31.9 Å². The van der Waals surface area contributed by atoms with Gasteiger partial charge in [0.25, 0.3) is 0 Å². The Morgan fingerprint density at radius 3 is 2.44 bits per heavy atom. The van der Waals surface area contributed by atoms with Crippen LogP contribution in [0.4, 0.5) is 0 Å². The van der Waals surface area contributed by atoms with Crippen molar-refractivity contribution in [1.82, 2.24) is 10.2 Å². The van der Waals surface area contributed by atoms with Crippen molar-refractivity contribution in [3.8, 4) is 5.75 Å². The molecule has 1 fully saturated rings. The van der Waals surface area contributed by atoms with Gasteiger partial charge in [-0.05, 0) is 38.1 Å². The van der Waals surface area contributed by atoms with Gasteiger partial charge >= 0.3 is 0 Å². The lowest BCUT2D eigenvalue weighted by molar-refractivity contribution is 0.0257. The van der Waals surface area contributed by atoms with Crippen molar-refractivity contribution in [1.29, 1.82) is 0 Å². The summed E-state index contributed by atoms with van der Waals surface area (Å²) in [5.74, 6) is 0.687. The van der Waals surface area contributed by atoms with Gasteiger partial charge in [-0.3, -0.25) is 4.90 Å². The van der Waals surface area contributed by atoms with Crippen molar-refractivity contribution in [2.75, 3.05) is 26.2 Å². The van der Waals surface area contributed by atoms with E-state index in [0.29, 0.717) is 10.6 Å². The van der Waals surface area contributed by atoms with Crippen molar-refractivity contribution in [3.05, 3.63) is 54.1 Å². The molecule has 0 amide bonds. The Kier molecular flexibility index (Phi) is 4.74. The zero-order chi connectivity index (χ0) is 19.1. The van der Waals surface area contributed by atoms with E-state index in [9.17, 15) is 8.42 Å². The second-order valence-corrected chi connectivity index (χ2v) is 9.83. The molecule has 2 aromatic rings. The molecule has 144 valence electrons. The minimum atomic E-state index is -3.56. The molecule has 5 nitrogen and oxygen atoms in total. The number of sulfone groups is 1. The fourth-order valence-corrected chi connectivity index (χ4v) is 5.31. The Labute approximate surface area is 161 Å². The molecule has 2 aromatic carbocycles. The van der Waals surface area contributed by atoms with E-state index in [4.69, 9.17) is 4.74 Å². The van der Waals surface area contributed by atoms with Crippen LogP contribution in [0.15, 0.2) is 58.3 Å². The quantitative estimate of drug-likeness (QED) is 0.879. The average Bonchev–Trinajstić information content (AvgIpc) is 2.67. The van der Waals surface area contributed by atoms with Crippen molar-refractivity contribution < 1.29 is 13.2 Å². The molecule has 0 saturated carbocycles. The molecule has 0 aromatic heterocycles. The Balaban J connectivity index is 1.74. The Morgan fingerprint density at radius 1 is 1.04 bits per heavy atom. The maximum absolute atomic E-state index is 13.0. The van der Waals surface area contributed by atoms with Gasteiger partial charge in [0.2, 0.25) is 9.84 Å². The monoisotopic (exact) mass is 386 g/mol. The molecule has 1 N–H and O–H groups in total. The number of benzene rings is 2. The van der Waals surface area contributed by atoms with Crippen molar-refractivity contribution in [2.24, 2.45) is 0 Å². The number of ether oxygens (including phenoxy) is 1. The largest absolute Gasteiger partial charge is 0.487 e. The lowest BCUT2D eigenvalue weighted by Crippen LogP contribution is -2.48. The van der Waals surface area contributed by atoms with Gasteiger partial charge < -0.3 is 10.1 Å². The maximum atomic E-state index is 13.0. The van der Waals surface area contributed by atoms with Gasteiger partial charge in [-0.1, -0.05) is 24.3 Å². The molecule has 2 aliphatic heterocycles. The predicted octanol–water partition coefficient (Wildman–Crippen LogP) is 3.03. The number of fused-ring (bicyclic) bond motifs is 1. The highest BCUT2D eigenvalue weighted by atomic mass is 32.2. The van der Waals surface area contributed by atoms with Gasteiger partial charge in [0.15, 0.2) is 0 Å². The smallest absolute Gasteiger partial charge is 0.206 e. The zero-order valence-corrected chi connectivity index (χ0v) is 16.6. The summed E-state index contributed by atoms with van der Waals surface area (Å²) in [7, 11) is -3.56. The van der Waals surface area contributed by atoms with E-state index >= 15 is 0 Å². The highest BCUT2D eigenvalue weighted by molar-refractivity contribution is 7.91. The second-order valence-electron chi connectivity index (χ2n) is 7.88. The fraction of sp³-hybridized carbons (Fsp3) is 0.429. The summed E-state index contributed by atoms with van der Waals surface area (Å²) < 4.78 is 32.2. The summed E-state index contributed by atoms with van der Waals surface area (Å²) in [5, 5.41) is 3.39. The Morgan fingerprint density at radius 2 is 1.74 bits per heavy atom. The first kappa shape index (κ1) is 18.5. The summed E-state index contributed by atoms with van der Waals surface area (Å²) in [4.78, 5) is 3.06. The molecule has 1 unspecified atom stereocenters. The summed E-state index contributed by atoms with van der Waals surface area (Å²) in [6.45, 7) is 8.09. The van der Waals surface area contributed by atoms with Crippen LogP contribution in [0, 0.1) is 0 Å². The molecule has 1 saturated heterocycles. The lowest BCUT2D eigenvalue weighted by atomic mass is 9.88. The Hall–Kier alpha value is -1.89. The number of nitrogens with zero attached hydrogens (tertiary/aromatic N) is 1. The number of piperazine rings is 1. The van der Waals surface area contributed by atoms with E-state index in [-0.39, 0.29) is 16.5 Å². The maximum Gasteiger partial charge on any atom is 0.206 e. The van der Waals surface area contributed by atoms with Crippen LogP contribution in [-0.2, 0) is 9.84 Å². The molecule has 2 aliphatic rings.